The number of aromatic nitrogens is 2. The first-order valence-corrected chi connectivity index (χ1v) is 10.1. The number of benzene rings is 2. The van der Waals surface area contributed by atoms with Crippen molar-refractivity contribution in [2.75, 3.05) is 0 Å². The van der Waals surface area contributed by atoms with Gasteiger partial charge in [0.15, 0.2) is 9.84 Å². The maximum atomic E-state index is 12.7. The van der Waals surface area contributed by atoms with E-state index in [1.165, 1.54) is 5.56 Å². The third-order valence-electron chi connectivity index (χ3n) is 4.28. The van der Waals surface area contributed by atoms with Crippen LogP contribution in [0.2, 0.25) is 0 Å². The van der Waals surface area contributed by atoms with E-state index in [0.29, 0.717) is 22.2 Å². The van der Waals surface area contributed by atoms with E-state index >= 15 is 0 Å². The Kier molecular flexibility index (Phi) is 4.96. The number of hydrogen-bond donors (Lipinski definition) is 0. The molecule has 0 N–H and O–H groups in total. The lowest BCUT2D eigenvalue weighted by atomic mass is 10.0. The van der Waals surface area contributed by atoms with Crippen molar-refractivity contribution in [3.05, 3.63) is 65.0 Å². The molecule has 1 heterocycles. The molecule has 0 radical (unpaired) electrons. The quantitative estimate of drug-likeness (QED) is 0.663. The molecule has 0 spiro atoms. The van der Waals surface area contributed by atoms with E-state index in [0.717, 1.165) is 11.1 Å². The molecule has 0 aliphatic rings. The van der Waals surface area contributed by atoms with Gasteiger partial charge in [-0.3, -0.25) is 0 Å². The number of aryl methyl sites for hydroxylation is 2. The molecule has 2 aromatic carbocycles. The molecule has 3 aromatic rings. The van der Waals surface area contributed by atoms with E-state index in [1.807, 2.05) is 37.3 Å². The lowest BCUT2D eigenvalue weighted by Gasteiger charge is -2.06. The number of rotatable bonds is 5. The van der Waals surface area contributed by atoms with E-state index in [1.54, 1.807) is 19.1 Å². The largest absolute Gasteiger partial charge is 0.338 e. The van der Waals surface area contributed by atoms with Gasteiger partial charge in [-0.15, -0.1) is 0 Å². The average molecular weight is 370 g/mol. The van der Waals surface area contributed by atoms with E-state index < -0.39 is 9.84 Å². The van der Waals surface area contributed by atoms with Crippen LogP contribution in [0.3, 0.4) is 0 Å². The first-order valence-electron chi connectivity index (χ1n) is 8.49. The monoisotopic (exact) mass is 370 g/mol. The Balaban J connectivity index is 1.83. The van der Waals surface area contributed by atoms with Gasteiger partial charge in [-0.25, -0.2) is 8.42 Å². The standard InChI is InChI=1S/C20H22N2O3S/c1-13(2)16-6-8-17(9-7-16)20-21-19(25-22-20)12-26(23,24)18-10-5-14(3)11-15(18)4/h5-11,13H,12H2,1-4H3. The second kappa shape index (κ2) is 7.03. The van der Waals surface area contributed by atoms with Gasteiger partial charge in [-0.2, -0.15) is 4.98 Å². The van der Waals surface area contributed by atoms with Crippen LogP contribution < -0.4 is 0 Å². The SMILES string of the molecule is Cc1ccc(S(=O)(=O)Cc2nc(-c3ccc(C(C)C)cc3)no2)c(C)c1. The predicted octanol–water partition coefficient (Wildman–Crippen LogP) is 4.45. The molecule has 0 aliphatic heterocycles. The summed E-state index contributed by atoms with van der Waals surface area (Å²) >= 11 is 0. The third-order valence-corrected chi connectivity index (χ3v) is 6.04. The van der Waals surface area contributed by atoms with Gasteiger partial charge in [0.2, 0.25) is 11.7 Å². The topological polar surface area (TPSA) is 73.1 Å². The van der Waals surface area contributed by atoms with Gasteiger partial charge < -0.3 is 4.52 Å². The fraction of sp³-hybridized carbons (Fsp3) is 0.300. The Bertz CT molecular complexity index is 1020. The summed E-state index contributed by atoms with van der Waals surface area (Å²) in [6.45, 7) is 7.96. The van der Waals surface area contributed by atoms with Crippen molar-refractivity contribution in [3.8, 4) is 11.4 Å². The highest BCUT2D eigenvalue weighted by atomic mass is 32.2. The zero-order chi connectivity index (χ0) is 18.9. The second-order valence-electron chi connectivity index (χ2n) is 6.82. The fourth-order valence-corrected chi connectivity index (χ4v) is 4.26. The van der Waals surface area contributed by atoms with E-state index in [-0.39, 0.29) is 11.6 Å². The molecule has 0 aliphatic carbocycles. The van der Waals surface area contributed by atoms with Crippen molar-refractivity contribution in [2.45, 2.75) is 44.3 Å². The Morgan fingerprint density at radius 1 is 1.04 bits per heavy atom. The average Bonchev–Trinajstić information content (AvgIpc) is 3.02. The molecule has 0 unspecified atom stereocenters. The third kappa shape index (κ3) is 3.85. The van der Waals surface area contributed by atoms with Crippen molar-refractivity contribution < 1.29 is 12.9 Å². The van der Waals surface area contributed by atoms with Gasteiger partial charge in [0.1, 0.15) is 5.75 Å². The summed E-state index contributed by atoms with van der Waals surface area (Å²) in [7, 11) is -3.54. The fourth-order valence-electron chi connectivity index (χ4n) is 2.84. The highest BCUT2D eigenvalue weighted by molar-refractivity contribution is 7.90. The lowest BCUT2D eigenvalue weighted by molar-refractivity contribution is 0.389. The number of nitrogens with zero attached hydrogens (tertiary/aromatic N) is 2. The minimum Gasteiger partial charge on any atom is -0.338 e. The van der Waals surface area contributed by atoms with Crippen molar-refractivity contribution >= 4 is 9.84 Å². The molecule has 0 fully saturated rings. The van der Waals surface area contributed by atoms with Crippen molar-refractivity contribution in [1.29, 1.82) is 0 Å². The normalized spacial score (nSPS) is 11.9. The molecule has 0 saturated heterocycles. The molecular weight excluding hydrogens is 348 g/mol. The first kappa shape index (κ1) is 18.3. The maximum absolute atomic E-state index is 12.7. The van der Waals surface area contributed by atoms with Gasteiger partial charge in [-0.05, 0) is 37.0 Å². The van der Waals surface area contributed by atoms with Crippen molar-refractivity contribution in [1.82, 2.24) is 10.1 Å². The van der Waals surface area contributed by atoms with Gasteiger partial charge in [0.05, 0.1) is 4.90 Å². The van der Waals surface area contributed by atoms with Crippen molar-refractivity contribution in [3.63, 3.8) is 0 Å². The minimum absolute atomic E-state index is 0.0907. The van der Waals surface area contributed by atoms with Crippen LogP contribution in [-0.2, 0) is 15.6 Å². The van der Waals surface area contributed by atoms with Crippen LogP contribution in [0.25, 0.3) is 11.4 Å². The minimum atomic E-state index is -3.54. The molecule has 1 aromatic heterocycles. The molecule has 3 rings (SSSR count). The molecule has 0 amide bonds. The lowest BCUT2D eigenvalue weighted by Crippen LogP contribution is -2.07. The van der Waals surface area contributed by atoms with Crippen LogP contribution in [0.5, 0.6) is 0 Å². The second-order valence-corrected chi connectivity index (χ2v) is 8.77. The van der Waals surface area contributed by atoms with Crippen LogP contribution >= 0.6 is 0 Å². The smallest absolute Gasteiger partial charge is 0.242 e. The zero-order valence-corrected chi connectivity index (χ0v) is 16.2. The molecule has 5 nitrogen and oxygen atoms in total. The molecular formula is C20H22N2O3S. The van der Waals surface area contributed by atoms with Crippen LogP contribution in [0.4, 0.5) is 0 Å². The Labute approximate surface area is 154 Å². The summed E-state index contributed by atoms with van der Waals surface area (Å²) in [5.74, 6) is 0.611. The Morgan fingerprint density at radius 3 is 2.35 bits per heavy atom. The van der Waals surface area contributed by atoms with Crippen LogP contribution in [-0.4, -0.2) is 18.6 Å². The molecule has 0 atom stereocenters. The van der Waals surface area contributed by atoms with Gasteiger partial charge in [-0.1, -0.05) is 61.0 Å². The summed E-state index contributed by atoms with van der Waals surface area (Å²) in [6, 6.07) is 13.1. The maximum Gasteiger partial charge on any atom is 0.242 e. The van der Waals surface area contributed by atoms with E-state index in [9.17, 15) is 8.42 Å². The van der Waals surface area contributed by atoms with Gasteiger partial charge in [0.25, 0.3) is 0 Å². The predicted molar refractivity (Wildman–Crippen MR) is 101 cm³/mol. The number of sulfone groups is 1. The molecule has 0 bridgehead atoms. The van der Waals surface area contributed by atoms with E-state index in [2.05, 4.69) is 24.0 Å². The van der Waals surface area contributed by atoms with Crippen LogP contribution in [0.1, 0.15) is 42.3 Å². The van der Waals surface area contributed by atoms with Crippen LogP contribution in [0.15, 0.2) is 51.9 Å². The number of hydrogen-bond acceptors (Lipinski definition) is 5. The summed E-state index contributed by atoms with van der Waals surface area (Å²) in [4.78, 5) is 4.55. The summed E-state index contributed by atoms with van der Waals surface area (Å²) in [5, 5.41) is 3.92. The Hall–Kier alpha value is -2.47. The van der Waals surface area contributed by atoms with E-state index in [4.69, 9.17) is 4.52 Å². The summed E-state index contributed by atoms with van der Waals surface area (Å²) < 4.78 is 30.5. The molecule has 0 saturated carbocycles. The summed E-state index contributed by atoms with van der Waals surface area (Å²) in [5.41, 5.74) is 3.75. The highest BCUT2D eigenvalue weighted by Crippen LogP contribution is 2.23. The first-order chi connectivity index (χ1) is 12.3. The summed E-state index contributed by atoms with van der Waals surface area (Å²) in [6.07, 6.45) is 0. The highest BCUT2D eigenvalue weighted by Gasteiger charge is 2.22. The zero-order valence-electron chi connectivity index (χ0n) is 15.4. The van der Waals surface area contributed by atoms with Crippen molar-refractivity contribution in [2.24, 2.45) is 0 Å². The molecule has 26 heavy (non-hydrogen) atoms. The van der Waals surface area contributed by atoms with Crippen LogP contribution in [0, 0.1) is 13.8 Å². The Morgan fingerprint density at radius 2 is 1.73 bits per heavy atom. The van der Waals surface area contributed by atoms with Gasteiger partial charge >= 0.3 is 0 Å². The molecule has 136 valence electrons. The molecule has 6 heteroatoms. The van der Waals surface area contributed by atoms with Gasteiger partial charge in [0, 0.05) is 5.56 Å².